The molecule has 1 fully saturated rings. The number of benzene rings is 2. The van der Waals surface area contributed by atoms with Crippen LogP contribution in [0.1, 0.15) is 11.1 Å². The van der Waals surface area contributed by atoms with Crippen LogP contribution in [0.4, 0.5) is 5.69 Å². The zero-order valence-electron chi connectivity index (χ0n) is 16.2. The molecule has 0 atom stereocenters. The Kier molecular flexibility index (Phi) is 6.53. The van der Waals surface area contributed by atoms with E-state index >= 15 is 0 Å². The number of ether oxygens (including phenoxy) is 2. The summed E-state index contributed by atoms with van der Waals surface area (Å²) in [6, 6.07) is 14.2. The Hall–Kier alpha value is -2.31. The van der Waals surface area contributed by atoms with Crippen molar-refractivity contribution in [3.05, 3.63) is 53.6 Å². The smallest absolute Gasteiger partial charge is 0.173 e. The maximum absolute atomic E-state index is 5.60. The van der Waals surface area contributed by atoms with Crippen LogP contribution in [0.5, 0.6) is 11.5 Å². The largest absolute Gasteiger partial charge is 0.497 e. The predicted molar refractivity (Wildman–Crippen MR) is 114 cm³/mol. The van der Waals surface area contributed by atoms with E-state index in [-0.39, 0.29) is 0 Å². The van der Waals surface area contributed by atoms with Crippen LogP contribution in [0, 0.1) is 6.92 Å². The topological polar surface area (TPSA) is 37.0 Å². The molecule has 0 aromatic heterocycles. The highest BCUT2D eigenvalue weighted by Gasteiger charge is 2.20. The number of methoxy groups -OCH3 is 2. The molecule has 144 valence electrons. The van der Waals surface area contributed by atoms with E-state index in [0.717, 1.165) is 60.6 Å². The maximum atomic E-state index is 5.60. The van der Waals surface area contributed by atoms with Crippen molar-refractivity contribution in [2.45, 2.75) is 13.5 Å². The van der Waals surface area contributed by atoms with Gasteiger partial charge in [0.2, 0.25) is 0 Å². The van der Waals surface area contributed by atoms with Gasteiger partial charge in [-0.25, -0.2) is 0 Å². The van der Waals surface area contributed by atoms with E-state index < -0.39 is 0 Å². The van der Waals surface area contributed by atoms with Gasteiger partial charge in [-0.1, -0.05) is 12.1 Å². The maximum Gasteiger partial charge on any atom is 0.173 e. The van der Waals surface area contributed by atoms with Gasteiger partial charge in [-0.3, -0.25) is 4.90 Å². The van der Waals surface area contributed by atoms with Crippen molar-refractivity contribution in [1.29, 1.82) is 0 Å². The first-order valence-corrected chi connectivity index (χ1v) is 9.55. The lowest BCUT2D eigenvalue weighted by molar-refractivity contribution is 0.175. The summed E-state index contributed by atoms with van der Waals surface area (Å²) in [6.07, 6.45) is 0. The van der Waals surface area contributed by atoms with Gasteiger partial charge in [0.25, 0.3) is 0 Å². The minimum absolute atomic E-state index is 0.791. The number of nitrogens with one attached hydrogen (secondary N) is 1. The zero-order chi connectivity index (χ0) is 19.2. The molecule has 0 aliphatic carbocycles. The van der Waals surface area contributed by atoms with Gasteiger partial charge in [0, 0.05) is 44.0 Å². The molecule has 6 heteroatoms. The van der Waals surface area contributed by atoms with Crippen molar-refractivity contribution < 1.29 is 9.47 Å². The van der Waals surface area contributed by atoms with Crippen molar-refractivity contribution in [2.24, 2.45) is 0 Å². The van der Waals surface area contributed by atoms with Gasteiger partial charge in [0.15, 0.2) is 5.11 Å². The van der Waals surface area contributed by atoms with E-state index in [0.29, 0.717) is 0 Å². The molecule has 0 unspecified atom stereocenters. The molecule has 0 amide bonds. The first-order chi connectivity index (χ1) is 13.1. The molecule has 2 aromatic carbocycles. The number of nitrogens with zero attached hydrogens (tertiary/aromatic N) is 2. The molecule has 0 spiro atoms. The summed E-state index contributed by atoms with van der Waals surface area (Å²) in [5.41, 5.74) is 3.41. The van der Waals surface area contributed by atoms with Crippen LogP contribution in [0.15, 0.2) is 42.5 Å². The summed E-state index contributed by atoms with van der Waals surface area (Å²) in [5, 5.41) is 4.14. The third-order valence-corrected chi connectivity index (χ3v) is 5.17. The van der Waals surface area contributed by atoms with Crippen molar-refractivity contribution in [3.63, 3.8) is 0 Å². The molecule has 5 nitrogen and oxygen atoms in total. The number of thiocarbonyl (C=S) groups is 1. The Morgan fingerprint density at radius 3 is 2.48 bits per heavy atom. The Bertz CT molecular complexity index is 789. The number of piperazine rings is 1. The van der Waals surface area contributed by atoms with Gasteiger partial charge in [-0.05, 0) is 55.0 Å². The molecule has 3 rings (SSSR count). The minimum atomic E-state index is 0.791. The van der Waals surface area contributed by atoms with E-state index in [4.69, 9.17) is 21.7 Å². The molecular formula is C21H27N3O2S. The lowest BCUT2D eigenvalue weighted by Gasteiger charge is -2.36. The SMILES string of the molecule is COc1ccc(OC)c(CN2CCN(C(=S)Nc3cccc(C)c3)CC2)c1. The number of hydrogen-bond donors (Lipinski definition) is 1. The summed E-state index contributed by atoms with van der Waals surface area (Å²) < 4.78 is 10.8. The van der Waals surface area contributed by atoms with Crippen LogP contribution in [-0.4, -0.2) is 55.3 Å². The van der Waals surface area contributed by atoms with Crippen LogP contribution >= 0.6 is 12.2 Å². The molecule has 1 aliphatic heterocycles. The first kappa shape index (κ1) is 19.5. The highest BCUT2D eigenvalue weighted by atomic mass is 32.1. The fourth-order valence-electron chi connectivity index (χ4n) is 3.28. The Morgan fingerprint density at radius 2 is 1.81 bits per heavy atom. The van der Waals surface area contributed by atoms with Crippen LogP contribution < -0.4 is 14.8 Å². The lowest BCUT2D eigenvalue weighted by Crippen LogP contribution is -2.49. The van der Waals surface area contributed by atoms with E-state index in [1.807, 2.05) is 24.3 Å². The second-order valence-corrected chi connectivity index (χ2v) is 7.13. The molecule has 1 N–H and O–H groups in total. The van der Waals surface area contributed by atoms with Crippen molar-refractivity contribution in [2.75, 3.05) is 45.7 Å². The van der Waals surface area contributed by atoms with Crippen LogP contribution in [-0.2, 0) is 6.54 Å². The summed E-state index contributed by atoms with van der Waals surface area (Å²) in [4.78, 5) is 4.65. The van der Waals surface area contributed by atoms with E-state index in [1.54, 1.807) is 14.2 Å². The fraction of sp³-hybridized carbons (Fsp3) is 0.381. The molecule has 2 aromatic rings. The molecule has 1 saturated heterocycles. The average Bonchev–Trinajstić information content (AvgIpc) is 2.68. The van der Waals surface area contributed by atoms with Crippen molar-refractivity contribution in [1.82, 2.24) is 9.80 Å². The molecular weight excluding hydrogens is 358 g/mol. The monoisotopic (exact) mass is 385 g/mol. The van der Waals surface area contributed by atoms with E-state index in [9.17, 15) is 0 Å². The minimum Gasteiger partial charge on any atom is -0.497 e. The quantitative estimate of drug-likeness (QED) is 0.794. The Morgan fingerprint density at radius 1 is 1.04 bits per heavy atom. The highest BCUT2D eigenvalue weighted by Crippen LogP contribution is 2.25. The van der Waals surface area contributed by atoms with Crippen LogP contribution in [0.25, 0.3) is 0 Å². The van der Waals surface area contributed by atoms with E-state index in [1.165, 1.54) is 5.56 Å². The average molecular weight is 386 g/mol. The van der Waals surface area contributed by atoms with E-state index in [2.05, 4.69) is 40.2 Å². The number of aryl methyl sites for hydroxylation is 1. The second-order valence-electron chi connectivity index (χ2n) is 6.74. The third kappa shape index (κ3) is 5.11. The van der Waals surface area contributed by atoms with Crippen LogP contribution in [0.2, 0.25) is 0 Å². The molecule has 0 saturated carbocycles. The summed E-state index contributed by atoms with van der Waals surface area (Å²) in [5.74, 6) is 1.75. The van der Waals surface area contributed by atoms with Crippen LogP contribution in [0.3, 0.4) is 0 Å². The third-order valence-electron chi connectivity index (χ3n) is 4.81. The number of anilines is 1. The Balaban J connectivity index is 1.55. The highest BCUT2D eigenvalue weighted by molar-refractivity contribution is 7.80. The summed E-state index contributed by atoms with van der Waals surface area (Å²) >= 11 is 5.60. The molecule has 1 aliphatic rings. The lowest BCUT2D eigenvalue weighted by atomic mass is 10.1. The van der Waals surface area contributed by atoms with Gasteiger partial charge in [0.05, 0.1) is 14.2 Å². The number of hydrogen-bond acceptors (Lipinski definition) is 4. The molecule has 1 heterocycles. The standard InChI is InChI=1S/C21H27N3O2S/c1-16-5-4-6-18(13-16)22-21(27)24-11-9-23(10-12-24)15-17-14-19(25-2)7-8-20(17)26-3/h4-8,13-14H,9-12,15H2,1-3H3,(H,22,27). The van der Waals surface area contributed by atoms with Gasteiger partial charge >= 0.3 is 0 Å². The zero-order valence-corrected chi connectivity index (χ0v) is 17.0. The van der Waals surface area contributed by atoms with Gasteiger partial charge in [0.1, 0.15) is 11.5 Å². The predicted octanol–water partition coefficient (Wildman–Crippen LogP) is 3.53. The van der Waals surface area contributed by atoms with Gasteiger partial charge < -0.3 is 19.7 Å². The van der Waals surface area contributed by atoms with Crippen molar-refractivity contribution >= 4 is 23.0 Å². The summed E-state index contributed by atoms with van der Waals surface area (Å²) in [6.45, 7) is 6.64. The molecule has 0 bridgehead atoms. The van der Waals surface area contributed by atoms with Gasteiger partial charge in [-0.2, -0.15) is 0 Å². The fourth-order valence-corrected chi connectivity index (χ4v) is 3.58. The normalized spacial score (nSPS) is 14.7. The second kappa shape index (κ2) is 9.06. The van der Waals surface area contributed by atoms with Crippen molar-refractivity contribution in [3.8, 4) is 11.5 Å². The van der Waals surface area contributed by atoms with Gasteiger partial charge in [-0.15, -0.1) is 0 Å². The molecule has 27 heavy (non-hydrogen) atoms. The summed E-state index contributed by atoms with van der Waals surface area (Å²) in [7, 11) is 3.39. The Labute approximate surface area is 166 Å². The number of rotatable bonds is 5. The molecule has 0 radical (unpaired) electrons. The first-order valence-electron chi connectivity index (χ1n) is 9.15.